The van der Waals surface area contributed by atoms with Gasteiger partial charge >= 0.3 is 0 Å². The first-order chi connectivity index (χ1) is 13.5. The fourth-order valence-corrected chi connectivity index (χ4v) is 4.72. The maximum atomic E-state index is 13.4. The van der Waals surface area contributed by atoms with E-state index in [2.05, 4.69) is 16.9 Å². The standard InChI is InChI=1S/C22H36N4O2/c1-4-10-20(26-18(3)15-17(2)23-26)22(28)25-14-9-11-19(16-25)21(27)24-12-7-5-6-8-13-24/h15,19-20H,4-14,16H2,1-3H3/t19-,20-/m0/s1. The minimum absolute atomic E-state index is 0.0430. The fraction of sp³-hybridized carbons (Fsp3) is 0.773. The molecule has 0 bridgehead atoms. The Balaban J connectivity index is 1.70. The van der Waals surface area contributed by atoms with Crippen LogP contribution in [0.4, 0.5) is 0 Å². The van der Waals surface area contributed by atoms with Crippen molar-refractivity contribution in [3.05, 3.63) is 17.5 Å². The van der Waals surface area contributed by atoms with Crippen LogP contribution in [0.15, 0.2) is 6.07 Å². The lowest BCUT2D eigenvalue weighted by Gasteiger charge is -2.36. The van der Waals surface area contributed by atoms with Crippen molar-refractivity contribution >= 4 is 11.8 Å². The van der Waals surface area contributed by atoms with Crippen LogP contribution in [0.25, 0.3) is 0 Å². The summed E-state index contributed by atoms with van der Waals surface area (Å²) in [5, 5.41) is 4.58. The first-order valence-electron chi connectivity index (χ1n) is 11.1. The van der Waals surface area contributed by atoms with Gasteiger partial charge in [0.2, 0.25) is 11.8 Å². The summed E-state index contributed by atoms with van der Waals surface area (Å²) in [6.07, 6.45) is 8.18. The van der Waals surface area contributed by atoms with Crippen LogP contribution < -0.4 is 0 Å². The molecule has 6 nitrogen and oxygen atoms in total. The molecule has 2 saturated heterocycles. The summed E-state index contributed by atoms with van der Waals surface area (Å²) < 4.78 is 1.89. The molecule has 0 saturated carbocycles. The molecule has 2 aliphatic heterocycles. The van der Waals surface area contributed by atoms with Crippen molar-refractivity contribution in [3.63, 3.8) is 0 Å². The molecule has 6 heteroatoms. The van der Waals surface area contributed by atoms with E-state index in [9.17, 15) is 9.59 Å². The molecular formula is C22H36N4O2. The molecule has 0 unspecified atom stereocenters. The molecule has 1 aromatic rings. The molecule has 3 rings (SSSR count). The van der Waals surface area contributed by atoms with Gasteiger partial charge in [-0.1, -0.05) is 26.2 Å². The number of rotatable bonds is 5. The number of nitrogens with zero attached hydrogens (tertiary/aromatic N) is 4. The highest BCUT2D eigenvalue weighted by molar-refractivity contribution is 5.83. The van der Waals surface area contributed by atoms with Crippen LogP contribution >= 0.6 is 0 Å². The lowest BCUT2D eigenvalue weighted by molar-refractivity contribution is -0.142. The van der Waals surface area contributed by atoms with Gasteiger partial charge in [-0.25, -0.2) is 0 Å². The van der Waals surface area contributed by atoms with E-state index in [0.29, 0.717) is 6.54 Å². The Kier molecular flexibility index (Phi) is 7.13. The van der Waals surface area contributed by atoms with Gasteiger partial charge in [-0.05, 0) is 52.0 Å². The summed E-state index contributed by atoms with van der Waals surface area (Å²) in [7, 11) is 0. The first kappa shape index (κ1) is 20.9. The average molecular weight is 389 g/mol. The van der Waals surface area contributed by atoms with Gasteiger partial charge in [-0.15, -0.1) is 0 Å². The zero-order valence-corrected chi connectivity index (χ0v) is 17.8. The molecule has 0 aromatic carbocycles. The van der Waals surface area contributed by atoms with Crippen molar-refractivity contribution in [2.24, 2.45) is 5.92 Å². The van der Waals surface area contributed by atoms with Crippen molar-refractivity contribution in [3.8, 4) is 0 Å². The summed E-state index contributed by atoms with van der Waals surface area (Å²) in [6.45, 7) is 9.16. The predicted molar refractivity (Wildman–Crippen MR) is 110 cm³/mol. The van der Waals surface area contributed by atoms with Crippen molar-refractivity contribution in [1.29, 1.82) is 0 Å². The number of aryl methyl sites for hydroxylation is 2. The topological polar surface area (TPSA) is 58.4 Å². The summed E-state index contributed by atoms with van der Waals surface area (Å²) in [6, 6.07) is 1.77. The fourth-order valence-electron chi connectivity index (χ4n) is 4.72. The molecule has 2 aliphatic rings. The lowest BCUT2D eigenvalue weighted by Crippen LogP contribution is -2.48. The third-order valence-corrected chi connectivity index (χ3v) is 6.19. The van der Waals surface area contributed by atoms with Gasteiger partial charge in [0, 0.05) is 31.9 Å². The summed E-state index contributed by atoms with van der Waals surface area (Å²) in [5.41, 5.74) is 1.97. The number of carbonyl (C=O) groups is 2. The number of amides is 2. The van der Waals surface area contributed by atoms with Crippen molar-refractivity contribution in [2.75, 3.05) is 26.2 Å². The Morgan fingerprint density at radius 1 is 1.07 bits per heavy atom. The average Bonchev–Trinajstić information content (AvgIpc) is 2.89. The van der Waals surface area contributed by atoms with Gasteiger partial charge in [-0.3, -0.25) is 14.3 Å². The number of aromatic nitrogens is 2. The van der Waals surface area contributed by atoms with Crippen molar-refractivity contribution in [1.82, 2.24) is 19.6 Å². The van der Waals surface area contributed by atoms with Gasteiger partial charge in [0.25, 0.3) is 0 Å². The Hall–Kier alpha value is -1.85. The highest BCUT2D eigenvalue weighted by Gasteiger charge is 2.34. The van der Waals surface area contributed by atoms with E-state index in [-0.39, 0.29) is 23.8 Å². The molecule has 0 radical (unpaired) electrons. The number of hydrogen-bond donors (Lipinski definition) is 0. The normalized spacial score (nSPS) is 22.0. The maximum Gasteiger partial charge on any atom is 0.247 e. The van der Waals surface area contributed by atoms with Crippen LogP contribution in [0.2, 0.25) is 0 Å². The third kappa shape index (κ3) is 4.76. The van der Waals surface area contributed by atoms with Crippen LogP contribution in [-0.4, -0.2) is 57.6 Å². The molecule has 0 spiro atoms. The zero-order valence-electron chi connectivity index (χ0n) is 17.8. The molecule has 28 heavy (non-hydrogen) atoms. The number of piperidine rings is 1. The highest BCUT2D eigenvalue weighted by atomic mass is 16.2. The molecule has 0 N–H and O–H groups in total. The van der Waals surface area contributed by atoms with Crippen LogP contribution in [0, 0.1) is 19.8 Å². The quantitative estimate of drug-likeness (QED) is 0.776. The van der Waals surface area contributed by atoms with E-state index in [4.69, 9.17) is 0 Å². The number of carbonyl (C=O) groups excluding carboxylic acids is 2. The molecule has 2 amide bonds. The minimum atomic E-state index is -0.259. The Labute approximate surface area is 169 Å². The highest BCUT2D eigenvalue weighted by Crippen LogP contribution is 2.25. The molecule has 0 aliphatic carbocycles. The Bertz CT molecular complexity index is 676. The van der Waals surface area contributed by atoms with E-state index >= 15 is 0 Å². The predicted octanol–water partition coefficient (Wildman–Crippen LogP) is 3.48. The van der Waals surface area contributed by atoms with E-state index in [1.807, 2.05) is 29.5 Å². The number of hydrogen-bond acceptors (Lipinski definition) is 3. The maximum absolute atomic E-state index is 13.4. The number of likely N-dealkylation sites (tertiary alicyclic amines) is 2. The van der Waals surface area contributed by atoms with Crippen LogP contribution in [0.3, 0.4) is 0 Å². The van der Waals surface area contributed by atoms with Crippen molar-refractivity contribution < 1.29 is 9.59 Å². The molecule has 2 atom stereocenters. The van der Waals surface area contributed by atoms with Crippen LogP contribution in [-0.2, 0) is 9.59 Å². The zero-order chi connectivity index (χ0) is 20.1. The van der Waals surface area contributed by atoms with E-state index in [1.165, 1.54) is 12.8 Å². The third-order valence-electron chi connectivity index (χ3n) is 6.19. The molecule has 3 heterocycles. The van der Waals surface area contributed by atoms with Crippen molar-refractivity contribution in [2.45, 2.75) is 78.2 Å². The van der Waals surface area contributed by atoms with Gasteiger partial charge in [0.05, 0.1) is 11.6 Å². The van der Waals surface area contributed by atoms with Gasteiger partial charge in [-0.2, -0.15) is 5.10 Å². The SMILES string of the molecule is CCC[C@@H](C(=O)N1CCC[C@H](C(=O)N2CCCCCC2)C1)n1nc(C)cc1C. The Morgan fingerprint density at radius 2 is 1.75 bits per heavy atom. The molecular weight excluding hydrogens is 352 g/mol. The van der Waals surface area contributed by atoms with E-state index < -0.39 is 0 Å². The summed E-state index contributed by atoms with van der Waals surface area (Å²) in [5.74, 6) is 0.345. The second kappa shape index (κ2) is 9.57. The molecule has 2 fully saturated rings. The molecule has 1 aromatic heterocycles. The Morgan fingerprint density at radius 3 is 2.36 bits per heavy atom. The van der Waals surface area contributed by atoms with E-state index in [0.717, 1.165) is 69.5 Å². The molecule has 156 valence electrons. The lowest BCUT2D eigenvalue weighted by atomic mass is 9.95. The van der Waals surface area contributed by atoms with Gasteiger partial charge < -0.3 is 9.80 Å². The van der Waals surface area contributed by atoms with Crippen LogP contribution in [0.1, 0.15) is 75.7 Å². The van der Waals surface area contributed by atoms with Gasteiger partial charge in [0.1, 0.15) is 6.04 Å². The summed E-state index contributed by atoms with van der Waals surface area (Å²) >= 11 is 0. The smallest absolute Gasteiger partial charge is 0.247 e. The minimum Gasteiger partial charge on any atom is -0.342 e. The van der Waals surface area contributed by atoms with E-state index in [1.54, 1.807) is 0 Å². The second-order valence-corrected chi connectivity index (χ2v) is 8.54. The summed E-state index contributed by atoms with van der Waals surface area (Å²) in [4.78, 5) is 30.4. The second-order valence-electron chi connectivity index (χ2n) is 8.54. The van der Waals surface area contributed by atoms with Crippen LogP contribution in [0.5, 0.6) is 0 Å². The monoisotopic (exact) mass is 388 g/mol. The van der Waals surface area contributed by atoms with Gasteiger partial charge in [0.15, 0.2) is 0 Å². The largest absolute Gasteiger partial charge is 0.342 e. The first-order valence-corrected chi connectivity index (χ1v) is 11.1.